The van der Waals surface area contributed by atoms with Gasteiger partial charge in [-0.25, -0.2) is 0 Å². The number of methoxy groups -OCH3 is 1. The van der Waals surface area contributed by atoms with E-state index in [1.54, 1.807) is 7.11 Å². The predicted molar refractivity (Wildman–Crippen MR) is 63.5 cm³/mol. The van der Waals surface area contributed by atoms with Gasteiger partial charge in [0.25, 0.3) is 0 Å². The van der Waals surface area contributed by atoms with Crippen LogP contribution in [0.1, 0.15) is 24.8 Å². The van der Waals surface area contributed by atoms with Gasteiger partial charge in [-0.15, -0.1) is 0 Å². The molecule has 16 heavy (non-hydrogen) atoms. The highest BCUT2D eigenvalue weighted by molar-refractivity contribution is 5.28. The maximum absolute atomic E-state index is 9.68. The summed E-state index contributed by atoms with van der Waals surface area (Å²) in [6.07, 6.45) is 2.95. The molecule has 2 N–H and O–H groups in total. The quantitative estimate of drug-likeness (QED) is 0.813. The van der Waals surface area contributed by atoms with Crippen molar-refractivity contribution in [1.29, 1.82) is 0 Å². The lowest BCUT2D eigenvalue weighted by molar-refractivity contribution is 0.148. The minimum Gasteiger partial charge on any atom is -0.497 e. The van der Waals surface area contributed by atoms with Crippen LogP contribution in [0.25, 0.3) is 0 Å². The Morgan fingerprint density at radius 2 is 2.31 bits per heavy atom. The summed E-state index contributed by atoms with van der Waals surface area (Å²) in [7, 11) is 1.67. The Hall–Kier alpha value is -1.06. The van der Waals surface area contributed by atoms with Gasteiger partial charge in [-0.3, -0.25) is 0 Å². The Labute approximate surface area is 96.4 Å². The van der Waals surface area contributed by atoms with E-state index in [0.29, 0.717) is 0 Å². The van der Waals surface area contributed by atoms with E-state index >= 15 is 0 Å². The minimum absolute atomic E-state index is 0.175. The Bertz CT molecular complexity index is 340. The molecule has 1 aliphatic rings. The SMILES string of the molecule is COc1cccc(CN[C@@H]2CCC[C@H]2O)c1. The van der Waals surface area contributed by atoms with Gasteiger partial charge in [0.2, 0.25) is 0 Å². The van der Waals surface area contributed by atoms with Crippen molar-refractivity contribution < 1.29 is 9.84 Å². The van der Waals surface area contributed by atoms with Crippen LogP contribution in [-0.2, 0) is 6.54 Å². The molecule has 0 unspecified atom stereocenters. The number of hydrogen-bond donors (Lipinski definition) is 2. The maximum Gasteiger partial charge on any atom is 0.119 e. The van der Waals surface area contributed by atoms with Crippen LogP contribution in [0, 0.1) is 0 Å². The van der Waals surface area contributed by atoms with Gasteiger partial charge in [-0.1, -0.05) is 12.1 Å². The highest BCUT2D eigenvalue weighted by atomic mass is 16.5. The number of benzene rings is 1. The molecule has 0 spiro atoms. The van der Waals surface area contributed by atoms with Crippen molar-refractivity contribution in [1.82, 2.24) is 5.32 Å². The number of aliphatic hydroxyl groups is 1. The van der Waals surface area contributed by atoms with Crippen molar-refractivity contribution in [2.45, 2.75) is 38.0 Å². The van der Waals surface area contributed by atoms with Crippen molar-refractivity contribution >= 4 is 0 Å². The third-order valence-electron chi connectivity index (χ3n) is 3.18. The molecule has 1 aromatic rings. The molecule has 1 aliphatic carbocycles. The molecule has 0 radical (unpaired) electrons. The van der Waals surface area contributed by atoms with E-state index in [1.807, 2.05) is 18.2 Å². The fourth-order valence-electron chi connectivity index (χ4n) is 2.21. The Kier molecular flexibility index (Phi) is 3.80. The van der Waals surface area contributed by atoms with Crippen LogP contribution in [0.5, 0.6) is 5.75 Å². The number of hydrogen-bond acceptors (Lipinski definition) is 3. The zero-order valence-corrected chi connectivity index (χ0v) is 9.65. The molecule has 0 bridgehead atoms. The van der Waals surface area contributed by atoms with E-state index in [9.17, 15) is 5.11 Å². The average molecular weight is 221 g/mol. The Morgan fingerprint density at radius 3 is 3.00 bits per heavy atom. The summed E-state index contributed by atoms with van der Waals surface area (Å²) in [5.41, 5.74) is 1.19. The summed E-state index contributed by atoms with van der Waals surface area (Å²) in [5.74, 6) is 0.881. The first-order valence-electron chi connectivity index (χ1n) is 5.84. The number of aliphatic hydroxyl groups excluding tert-OH is 1. The summed E-state index contributed by atoms with van der Waals surface area (Å²) in [6, 6.07) is 8.27. The monoisotopic (exact) mass is 221 g/mol. The zero-order chi connectivity index (χ0) is 11.4. The normalized spacial score (nSPS) is 24.6. The first-order chi connectivity index (χ1) is 7.79. The van der Waals surface area contributed by atoms with Gasteiger partial charge < -0.3 is 15.2 Å². The Balaban J connectivity index is 1.88. The Morgan fingerprint density at radius 1 is 1.44 bits per heavy atom. The molecule has 0 heterocycles. The lowest BCUT2D eigenvalue weighted by Crippen LogP contribution is -2.34. The van der Waals surface area contributed by atoms with E-state index in [0.717, 1.165) is 31.6 Å². The second-order valence-corrected chi connectivity index (χ2v) is 4.34. The van der Waals surface area contributed by atoms with Gasteiger partial charge in [-0.05, 0) is 37.0 Å². The number of ether oxygens (including phenoxy) is 1. The van der Waals surface area contributed by atoms with Crippen molar-refractivity contribution in [3.05, 3.63) is 29.8 Å². The van der Waals surface area contributed by atoms with Crippen LogP contribution in [0.15, 0.2) is 24.3 Å². The molecule has 0 amide bonds. The van der Waals surface area contributed by atoms with Gasteiger partial charge in [0.05, 0.1) is 13.2 Å². The van der Waals surface area contributed by atoms with Crippen LogP contribution in [0.4, 0.5) is 0 Å². The third kappa shape index (κ3) is 2.74. The molecule has 1 saturated carbocycles. The standard InChI is InChI=1S/C13H19NO2/c1-16-11-5-2-4-10(8-11)9-14-12-6-3-7-13(12)15/h2,4-5,8,12-15H,3,6-7,9H2,1H3/t12-,13-/m1/s1. The van der Waals surface area contributed by atoms with E-state index in [-0.39, 0.29) is 12.1 Å². The molecule has 2 rings (SSSR count). The van der Waals surface area contributed by atoms with Crippen molar-refractivity contribution in [3.63, 3.8) is 0 Å². The summed E-state index contributed by atoms with van der Waals surface area (Å²) in [6.45, 7) is 0.791. The number of nitrogens with one attached hydrogen (secondary N) is 1. The van der Waals surface area contributed by atoms with Crippen molar-refractivity contribution in [3.8, 4) is 5.75 Å². The zero-order valence-electron chi connectivity index (χ0n) is 9.65. The topological polar surface area (TPSA) is 41.5 Å². The summed E-state index contributed by atoms with van der Waals surface area (Å²) in [4.78, 5) is 0. The van der Waals surface area contributed by atoms with Crippen LogP contribution in [0.2, 0.25) is 0 Å². The molecular weight excluding hydrogens is 202 g/mol. The van der Waals surface area contributed by atoms with E-state index < -0.39 is 0 Å². The summed E-state index contributed by atoms with van der Waals surface area (Å²) >= 11 is 0. The van der Waals surface area contributed by atoms with Crippen LogP contribution < -0.4 is 10.1 Å². The largest absolute Gasteiger partial charge is 0.497 e. The fraction of sp³-hybridized carbons (Fsp3) is 0.538. The van der Waals surface area contributed by atoms with E-state index in [2.05, 4.69) is 11.4 Å². The molecule has 0 aromatic heterocycles. The van der Waals surface area contributed by atoms with Gasteiger partial charge in [0, 0.05) is 12.6 Å². The molecule has 88 valence electrons. The molecule has 3 nitrogen and oxygen atoms in total. The molecule has 3 heteroatoms. The van der Waals surface area contributed by atoms with Crippen molar-refractivity contribution in [2.75, 3.05) is 7.11 Å². The minimum atomic E-state index is -0.175. The van der Waals surface area contributed by atoms with Crippen LogP contribution in [-0.4, -0.2) is 24.4 Å². The highest BCUT2D eigenvalue weighted by Crippen LogP contribution is 2.19. The lowest BCUT2D eigenvalue weighted by Gasteiger charge is -2.16. The van der Waals surface area contributed by atoms with Crippen LogP contribution in [0.3, 0.4) is 0 Å². The molecule has 0 aliphatic heterocycles. The maximum atomic E-state index is 9.68. The summed E-state index contributed by atoms with van der Waals surface area (Å²) < 4.78 is 5.17. The molecular formula is C13H19NO2. The number of rotatable bonds is 4. The molecule has 1 aromatic carbocycles. The van der Waals surface area contributed by atoms with Gasteiger partial charge in [0.15, 0.2) is 0 Å². The first kappa shape index (κ1) is 11.4. The van der Waals surface area contributed by atoms with Crippen molar-refractivity contribution in [2.24, 2.45) is 0 Å². The molecule has 1 fully saturated rings. The third-order valence-corrected chi connectivity index (χ3v) is 3.18. The van der Waals surface area contributed by atoms with Gasteiger partial charge in [0.1, 0.15) is 5.75 Å². The smallest absolute Gasteiger partial charge is 0.119 e. The first-order valence-corrected chi connectivity index (χ1v) is 5.84. The van der Waals surface area contributed by atoms with Crippen LogP contribution >= 0.6 is 0 Å². The predicted octanol–water partition coefficient (Wildman–Crippen LogP) is 1.70. The molecule has 2 atom stereocenters. The van der Waals surface area contributed by atoms with Gasteiger partial charge >= 0.3 is 0 Å². The summed E-state index contributed by atoms with van der Waals surface area (Å²) in [5, 5.41) is 13.1. The second-order valence-electron chi connectivity index (χ2n) is 4.34. The lowest BCUT2D eigenvalue weighted by atomic mass is 10.1. The van der Waals surface area contributed by atoms with E-state index in [4.69, 9.17) is 4.74 Å². The molecule has 0 saturated heterocycles. The van der Waals surface area contributed by atoms with Gasteiger partial charge in [-0.2, -0.15) is 0 Å². The highest BCUT2D eigenvalue weighted by Gasteiger charge is 2.24. The average Bonchev–Trinajstić information content (AvgIpc) is 2.72. The second kappa shape index (κ2) is 5.32. The fourth-order valence-corrected chi connectivity index (χ4v) is 2.21. The van der Waals surface area contributed by atoms with E-state index in [1.165, 1.54) is 5.56 Å².